The third-order valence-electron chi connectivity index (χ3n) is 2.93. The van der Waals surface area contributed by atoms with Gasteiger partial charge in [-0.3, -0.25) is 0 Å². The highest BCUT2D eigenvalue weighted by Crippen LogP contribution is 2.18. The van der Waals surface area contributed by atoms with Gasteiger partial charge in [0.05, 0.1) is 16.8 Å². The summed E-state index contributed by atoms with van der Waals surface area (Å²) in [5, 5.41) is 16.3. The van der Waals surface area contributed by atoms with Crippen molar-refractivity contribution in [1.29, 1.82) is 0 Å². The first kappa shape index (κ1) is 11.0. The number of thiazole rings is 1. The maximum absolute atomic E-state index is 9.61. The van der Waals surface area contributed by atoms with Crippen molar-refractivity contribution in [1.82, 2.24) is 10.3 Å². The third kappa shape index (κ3) is 3.00. The molecule has 1 aliphatic carbocycles. The maximum Gasteiger partial charge on any atom is 0.0897 e. The van der Waals surface area contributed by atoms with Crippen molar-refractivity contribution >= 4 is 11.3 Å². The van der Waals surface area contributed by atoms with Crippen molar-refractivity contribution in [2.24, 2.45) is 0 Å². The van der Waals surface area contributed by atoms with Crippen LogP contribution >= 0.6 is 11.3 Å². The molecule has 84 valence electrons. The van der Waals surface area contributed by atoms with E-state index in [-0.39, 0.29) is 6.10 Å². The van der Waals surface area contributed by atoms with Gasteiger partial charge in [0.25, 0.3) is 0 Å². The summed E-state index contributed by atoms with van der Waals surface area (Å²) >= 11 is 1.70. The Balaban J connectivity index is 1.70. The van der Waals surface area contributed by atoms with Crippen molar-refractivity contribution in [3.05, 3.63) is 16.1 Å². The predicted octanol–water partition coefficient (Wildman–Crippen LogP) is 1.50. The topological polar surface area (TPSA) is 45.2 Å². The second-order valence-electron chi connectivity index (χ2n) is 4.17. The van der Waals surface area contributed by atoms with Gasteiger partial charge in [0.1, 0.15) is 0 Å². The Hall–Kier alpha value is -0.450. The molecular formula is C11H18N2OS. The normalized spacial score (nSPS) is 26.0. The van der Waals surface area contributed by atoms with Crippen LogP contribution in [0.15, 0.2) is 5.38 Å². The van der Waals surface area contributed by atoms with E-state index in [4.69, 9.17) is 0 Å². The molecule has 3 nitrogen and oxygen atoms in total. The summed E-state index contributed by atoms with van der Waals surface area (Å²) in [7, 11) is 0. The van der Waals surface area contributed by atoms with Crippen molar-refractivity contribution in [3.63, 3.8) is 0 Å². The zero-order chi connectivity index (χ0) is 10.7. The first-order valence-electron chi connectivity index (χ1n) is 5.58. The van der Waals surface area contributed by atoms with Crippen molar-refractivity contribution in [2.75, 3.05) is 6.54 Å². The molecule has 2 atom stereocenters. The van der Waals surface area contributed by atoms with Crippen molar-refractivity contribution in [2.45, 2.75) is 44.8 Å². The largest absolute Gasteiger partial charge is 0.392 e. The van der Waals surface area contributed by atoms with Gasteiger partial charge in [-0.2, -0.15) is 0 Å². The van der Waals surface area contributed by atoms with E-state index in [1.807, 2.05) is 6.92 Å². The van der Waals surface area contributed by atoms with Crippen molar-refractivity contribution in [3.8, 4) is 0 Å². The van der Waals surface area contributed by atoms with E-state index in [2.05, 4.69) is 15.7 Å². The summed E-state index contributed by atoms with van der Waals surface area (Å²) < 4.78 is 0. The number of rotatable bonds is 4. The third-order valence-corrected chi connectivity index (χ3v) is 3.76. The molecule has 0 radical (unpaired) electrons. The molecule has 15 heavy (non-hydrogen) atoms. The highest BCUT2D eigenvalue weighted by Gasteiger charge is 2.23. The van der Waals surface area contributed by atoms with Gasteiger partial charge in [0.2, 0.25) is 0 Å². The Kier molecular flexibility index (Phi) is 3.72. The lowest BCUT2D eigenvalue weighted by atomic mass is 10.2. The Morgan fingerprint density at radius 3 is 3.07 bits per heavy atom. The minimum Gasteiger partial charge on any atom is -0.392 e. The van der Waals surface area contributed by atoms with E-state index < -0.39 is 0 Å². The lowest BCUT2D eigenvalue weighted by Gasteiger charge is -2.15. The number of aromatic nitrogens is 1. The van der Waals surface area contributed by atoms with Gasteiger partial charge < -0.3 is 10.4 Å². The second kappa shape index (κ2) is 5.05. The molecule has 0 saturated heterocycles. The SMILES string of the molecule is Cc1nc(CCN[C@H]2CCC[C@@H]2O)cs1. The molecule has 1 fully saturated rings. The zero-order valence-electron chi connectivity index (χ0n) is 9.07. The molecule has 4 heteroatoms. The molecule has 1 aromatic heterocycles. The van der Waals surface area contributed by atoms with Crippen LogP contribution in [-0.2, 0) is 6.42 Å². The Morgan fingerprint density at radius 1 is 1.60 bits per heavy atom. The first-order valence-corrected chi connectivity index (χ1v) is 6.46. The van der Waals surface area contributed by atoms with Crippen LogP contribution < -0.4 is 5.32 Å². The van der Waals surface area contributed by atoms with Crippen LogP contribution in [0.5, 0.6) is 0 Å². The number of aliphatic hydroxyl groups excluding tert-OH is 1. The van der Waals surface area contributed by atoms with Gasteiger partial charge in [0, 0.05) is 24.4 Å². The van der Waals surface area contributed by atoms with E-state index in [1.165, 1.54) is 0 Å². The summed E-state index contributed by atoms with van der Waals surface area (Å²) in [6.07, 6.45) is 4.04. The smallest absolute Gasteiger partial charge is 0.0897 e. The Labute approximate surface area is 94.5 Å². The number of aliphatic hydroxyl groups is 1. The van der Waals surface area contributed by atoms with E-state index in [0.29, 0.717) is 6.04 Å². The monoisotopic (exact) mass is 226 g/mol. The van der Waals surface area contributed by atoms with Gasteiger partial charge in [-0.25, -0.2) is 4.98 Å². The average Bonchev–Trinajstić information content (AvgIpc) is 2.77. The van der Waals surface area contributed by atoms with Crippen LogP contribution in [-0.4, -0.2) is 28.8 Å². The fraction of sp³-hybridized carbons (Fsp3) is 0.727. The fourth-order valence-corrected chi connectivity index (χ4v) is 2.73. The predicted molar refractivity (Wildman–Crippen MR) is 62.2 cm³/mol. The molecule has 1 aromatic rings. The molecule has 0 bridgehead atoms. The molecular weight excluding hydrogens is 208 g/mol. The molecule has 0 spiro atoms. The van der Waals surface area contributed by atoms with Gasteiger partial charge in [0.15, 0.2) is 0 Å². The minimum atomic E-state index is -0.137. The molecule has 1 saturated carbocycles. The number of nitrogens with zero attached hydrogens (tertiary/aromatic N) is 1. The summed E-state index contributed by atoms with van der Waals surface area (Å²) in [5.74, 6) is 0. The summed E-state index contributed by atoms with van der Waals surface area (Å²) in [4.78, 5) is 4.41. The fourth-order valence-electron chi connectivity index (χ4n) is 2.09. The van der Waals surface area contributed by atoms with E-state index in [9.17, 15) is 5.11 Å². The van der Waals surface area contributed by atoms with Crippen LogP contribution in [0, 0.1) is 6.92 Å². The molecule has 2 rings (SSSR count). The van der Waals surface area contributed by atoms with E-state index in [0.717, 1.165) is 42.9 Å². The summed E-state index contributed by atoms with van der Waals surface area (Å²) in [5.41, 5.74) is 1.16. The van der Waals surface area contributed by atoms with Crippen LogP contribution in [0.4, 0.5) is 0 Å². The van der Waals surface area contributed by atoms with E-state index >= 15 is 0 Å². The molecule has 2 N–H and O–H groups in total. The Bertz CT molecular complexity index is 313. The summed E-state index contributed by atoms with van der Waals surface area (Å²) in [6.45, 7) is 2.95. The molecule has 1 aliphatic rings. The van der Waals surface area contributed by atoms with Crippen LogP contribution in [0.25, 0.3) is 0 Å². The number of nitrogens with one attached hydrogen (secondary N) is 1. The standard InChI is InChI=1S/C11H18N2OS/c1-8-13-9(7-15-8)5-6-12-10-3-2-4-11(10)14/h7,10-12,14H,2-6H2,1H3/t10-,11-/m0/s1. The van der Waals surface area contributed by atoms with Crippen LogP contribution in [0.2, 0.25) is 0 Å². The molecule has 0 unspecified atom stereocenters. The van der Waals surface area contributed by atoms with Gasteiger partial charge in [-0.05, 0) is 26.2 Å². The first-order chi connectivity index (χ1) is 7.25. The van der Waals surface area contributed by atoms with Crippen LogP contribution in [0.1, 0.15) is 30.0 Å². The molecule has 0 amide bonds. The number of aryl methyl sites for hydroxylation is 1. The van der Waals surface area contributed by atoms with Crippen LogP contribution in [0.3, 0.4) is 0 Å². The number of hydrogen-bond donors (Lipinski definition) is 2. The molecule has 0 aliphatic heterocycles. The number of hydrogen-bond acceptors (Lipinski definition) is 4. The highest BCUT2D eigenvalue weighted by atomic mass is 32.1. The molecule has 0 aromatic carbocycles. The zero-order valence-corrected chi connectivity index (χ0v) is 9.89. The lowest BCUT2D eigenvalue weighted by molar-refractivity contribution is 0.149. The Morgan fingerprint density at radius 2 is 2.47 bits per heavy atom. The minimum absolute atomic E-state index is 0.137. The quantitative estimate of drug-likeness (QED) is 0.818. The second-order valence-corrected chi connectivity index (χ2v) is 5.23. The average molecular weight is 226 g/mol. The maximum atomic E-state index is 9.61. The van der Waals surface area contributed by atoms with Gasteiger partial charge in [-0.15, -0.1) is 11.3 Å². The van der Waals surface area contributed by atoms with Gasteiger partial charge >= 0.3 is 0 Å². The summed E-state index contributed by atoms with van der Waals surface area (Å²) in [6, 6.07) is 0.310. The highest BCUT2D eigenvalue weighted by molar-refractivity contribution is 7.09. The molecule has 1 heterocycles. The lowest BCUT2D eigenvalue weighted by Crippen LogP contribution is -2.36. The van der Waals surface area contributed by atoms with E-state index in [1.54, 1.807) is 11.3 Å². The van der Waals surface area contributed by atoms with Crippen molar-refractivity contribution < 1.29 is 5.11 Å². The van der Waals surface area contributed by atoms with Gasteiger partial charge in [-0.1, -0.05) is 0 Å².